The lowest BCUT2D eigenvalue weighted by atomic mass is 10.1. The van der Waals surface area contributed by atoms with E-state index < -0.39 is 5.97 Å². The molecule has 0 aliphatic carbocycles. The molecule has 0 spiro atoms. The Balaban J connectivity index is 2.39. The molecule has 0 saturated carbocycles. The summed E-state index contributed by atoms with van der Waals surface area (Å²) >= 11 is 0. The number of aromatic nitrogens is 1. The van der Waals surface area contributed by atoms with Crippen LogP contribution in [-0.4, -0.2) is 42.4 Å². The van der Waals surface area contributed by atoms with Gasteiger partial charge in [-0.25, -0.2) is 4.79 Å². The maximum absolute atomic E-state index is 11.5. The van der Waals surface area contributed by atoms with Crippen molar-refractivity contribution in [3.05, 3.63) is 36.0 Å². The number of likely N-dealkylation sites (N-methyl/N-ethyl adjacent to an activating group) is 1. The Bertz CT molecular complexity index is 640. The topological polar surface area (TPSA) is 62.7 Å². The van der Waals surface area contributed by atoms with Gasteiger partial charge in [0.15, 0.2) is 0 Å². The fraction of sp³-hybridized carbons (Fsp3) is 0.375. The lowest BCUT2D eigenvalue weighted by molar-refractivity contribution is 0.0695. The van der Waals surface area contributed by atoms with Crippen molar-refractivity contribution in [2.45, 2.75) is 20.0 Å². The van der Waals surface area contributed by atoms with E-state index in [1.54, 1.807) is 0 Å². The molecule has 2 rings (SSSR count). The largest absolute Gasteiger partial charge is 0.478 e. The van der Waals surface area contributed by atoms with E-state index in [1.807, 2.05) is 50.1 Å². The predicted octanol–water partition coefficient (Wildman–Crippen LogP) is 2.79. The van der Waals surface area contributed by atoms with Crippen molar-refractivity contribution >= 4 is 22.6 Å². The van der Waals surface area contributed by atoms with E-state index in [0.29, 0.717) is 18.8 Å². The molecule has 1 N–H and O–H groups in total. The molecule has 2 aromatic rings. The van der Waals surface area contributed by atoms with E-state index in [1.165, 1.54) is 6.20 Å². The smallest absolute Gasteiger partial charge is 0.339 e. The van der Waals surface area contributed by atoms with Crippen molar-refractivity contribution in [1.29, 1.82) is 0 Å². The molecule has 5 nitrogen and oxygen atoms in total. The van der Waals surface area contributed by atoms with E-state index in [-0.39, 0.29) is 11.7 Å². The lowest BCUT2D eigenvalue weighted by Gasteiger charge is -2.23. The molecule has 0 aliphatic heterocycles. The first-order valence-electron chi connectivity index (χ1n) is 6.94. The number of pyridine rings is 1. The quantitative estimate of drug-likeness (QED) is 0.885. The molecule has 0 fully saturated rings. The molecular formula is C16H20N2O3. The number of carboxylic acid groups (broad SMARTS) is 1. The molecule has 112 valence electrons. The van der Waals surface area contributed by atoms with Gasteiger partial charge in [-0.3, -0.25) is 4.98 Å². The Morgan fingerprint density at radius 2 is 2.10 bits per heavy atom. The zero-order valence-electron chi connectivity index (χ0n) is 12.5. The predicted molar refractivity (Wildman–Crippen MR) is 83.1 cm³/mol. The van der Waals surface area contributed by atoms with Gasteiger partial charge >= 0.3 is 5.97 Å². The van der Waals surface area contributed by atoms with Crippen molar-refractivity contribution in [1.82, 2.24) is 4.98 Å². The third kappa shape index (κ3) is 3.49. The van der Waals surface area contributed by atoms with Crippen LogP contribution in [-0.2, 0) is 4.74 Å². The molecular weight excluding hydrogens is 268 g/mol. The SMILES string of the molecule is CC(C)OCCN(C)c1c(C(=O)O)cnc2ccccc12. The summed E-state index contributed by atoms with van der Waals surface area (Å²) in [6.07, 6.45) is 1.58. The van der Waals surface area contributed by atoms with Crippen LogP contribution in [0.2, 0.25) is 0 Å². The number of nitrogens with zero attached hydrogens (tertiary/aromatic N) is 2. The second kappa shape index (κ2) is 6.54. The van der Waals surface area contributed by atoms with Crippen LogP contribution in [0.1, 0.15) is 24.2 Å². The number of carbonyl (C=O) groups is 1. The van der Waals surface area contributed by atoms with Crippen molar-refractivity contribution in [2.75, 3.05) is 25.1 Å². The second-order valence-electron chi connectivity index (χ2n) is 5.18. The molecule has 21 heavy (non-hydrogen) atoms. The number of anilines is 1. The molecule has 0 unspecified atom stereocenters. The summed E-state index contributed by atoms with van der Waals surface area (Å²) in [4.78, 5) is 17.6. The van der Waals surface area contributed by atoms with E-state index in [4.69, 9.17) is 4.74 Å². The summed E-state index contributed by atoms with van der Waals surface area (Å²) in [5.74, 6) is -0.972. The van der Waals surface area contributed by atoms with Crippen molar-refractivity contribution in [3.8, 4) is 0 Å². The highest BCUT2D eigenvalue weighted by Gasteiger charge is 2.17. The van der Waals surface area contributed by atoms with Gasteiger partial charge in [0.1, 0.15) is 5.56 Å². The Hall–Kier alpha value is -2.14. The molecule has 1 aromatic heterocycles. The molecule has 1 aromatic carbocycles. The second-order valence-corrected chi connectivity index (χ2v) is 5.18. The maximum Gasteiger partial charge on any atom is 0.339 e. The Kier molecular flexibility index (Phi) is 4.75. The fourth-order valence-corrected chi connectivity index (χ4v) is 2.23. The summed E-state index contributed by atoms with van der Waals surface area (Å²) in [5, 5.41) is 10.2. The van der Waals surface area contributed by atoms with Crippen LogP contribution in [0, 0.1) is 0 Å². The maximum atomic E-state index is 11.5. The summed E-state index contributed by atoms with van der Waals surface area (Å²) in [5.41, 5.74) is 1.68. The van der Waals surface area contributed by atoms with E-state index in [9.17, 15) is 9.90 Å². The van der Waals surface area contributed by atoms with Crippen LogP contribution in [0.25, 0.3) is 10.9 Å². The third-order valence-electron chi connectivity index (χ3n) is 3.24. The minimum atomic E-state index is -0.972. The van der Waals surface area contributed by atoms with Crippen LogP contribution >= 0.6 is 0 Å². The zero-order valence-corrected chi connectivity index (χ0v) is 12.5. The molecule has 5 heteroatoms. The number of rotatable bonds is 6. The monoisotopic (exact) mass is 288 g/mol. The van der Waals surface area contributed by atoms with Crippen LogP contribution in [0.15, 0.2) is 30.5 Å². The van der Waals surface area contributed by atoms with Crippen LogP contribution in [0.3, 0.4) is 0 Å². The highest BCUT2D eigenvalue weighted by Crippen LogP contribution is 2.28. The minimum Gasteiger partial charge on any atom is -0.478 e. The standard InChI is InChI=1S/C16H20N2O3/c1-11(2)21-9-8-18(3)15-12-6-4-5-7-14(12)17-10-13(15)16(19)20/h4-7,10-11H,8-9H2,1-3H3,(H,19,20). The Morgan fingerprint density at radius 3 is 2.76 bits per heavy atom. The zero-order chi connectivity index (χ0) is 15.4. The Morgan fingerprint density at radius 1 is 1.38 bits per heavy atom. The van der Waals surface area contributed by atoms with Gasteiger partial charge in [0, 0.05) is 25.2 Å². The number of ether oxygens (including phenoxy) is 1. The number of para-hydroxylation sites is 1. The summed E-state index contributed by atoms with van der Waals surface area (Å²) in [7, 11) is 1.87. The minimum absolute atomic E-state index is 0.159. The Labute approximate surface area is 124 Å². The molecule has 0 radical (unpaired) electrons. The third-order valence-corrected chi connectivity index (χ3v) is 3.24. The summed E-state index contributed by atoms with van der Waals surface area (Å²) in [6, 6.07) is 7.55. The summed E-state index contributed by atoms with van der Waals surface area (Å²) in [6.45, 7) is 5.12. The molecule has 0 amide bonds. The number of hydrogen-bond acceptors (Lipinski definition) is 4. The lowest BCUT2D eigenvalue weighted by Crippen LogP contribution is -2.26. The highest BCUT2D eigenvalue weighted by atomic mass is 16.5. The van der Waals surface area contributed by atoms with Crippen molar-refractivity contribution in [2.24, 2.45) is 0 Å². The van der Waals surface area contributed by atoms with Crippen LogP contribution in [0.5, 0.6) is 0 Å². The highest BCUT2D eigenvalue weighted by molar-refractivity contribution is 6.04. The van der Waals surface area contributed by atoms with E-state index >= 15 is 0 Å². The first kappa shape index (κ1) is 15.3. The van der Waals surface area contributed by atoms with Crippen LogP contribution < -0.4 is 4.90 Å². The number of hydrogen-bond donors (Lipinski definition) is 1. The van der Waals surface area contributed by atoms with Gasteiger partial charge in [-0.05, 0) is 19.9 Å². The van der Waals surface area contributed by atoms with Gasteiger partial charge < -0.3 is 14.7 Å². The van der Waals surface area contributed by atoms with Crippen molar-refractivity contribution in [3.63, 3.8) is 0 Å². The van der Waals surface area contributed by atoms with Gasteiger partial charge in [-0.1, -0.05) is 18.2 Å². The average Bonchev–Trinajstić information content (AvgIpc) is 2.45. The summed E-state index contributed by atoms with van der Waals surface area (Å²) < 4.78 is 5.54. The molecule has 0 saturated heterocycles. The number of aromatic carboxylic acids is 1. The van der Waals surface area contributed by atoms with Gasteiger partial charge in [0.25, 0.3) is 0 Å². The van der Waals surface area contributed by atoms with E-state index in [2.05, 4.69) is 4.98 Å². The molecule has 0 bridgehead atoms. The van der Waals surface area contributed by atoms with Crippen LogP contribution in [0.4, 0.5) is 5.69 Å². The number of carboxylic acids is 1. The van der Waals surface area contributed by atoms with Gasteiger partial charge in [0.05, 0.1) is 23.9 Å². The first-order valence-corrected chi connectivity index (χ1v) is 6.94. The molecule has 0 atom stereocenters. The molecule has 1 heterocycles. The first-order chi connectivity index (χ1) is 10.0. The van der Waals surface area contributed by atoms with Gasteiger partial charge in [-0.2, -0.15) is 0 Å². The van der Waals surface area contributed by atoms with Gasteiger partial charge in [-0.15, -0.1) is 0 Å². The number of fused-ring (bicyclic) bond motifs is 1. The van der Waals surface area contributed by atoms with Gasteiger partial charge in [0.2, 0.25) is 0 Å². The van der Waals surface area contributed by atoms with Crippen molar-refractivity contribution < 1.29 is 14.6 Å². The van der Waals surface area contributed by atoms with E-state index in [0.717, 1.165) is 10.9 Å². The normalized spacial score (nSPS) is 11.0. The average molecular weight is 288 g/mol. The number of benzene rings is 1. The molecule has 0 aliphatic rings. The fourth-order valence-electron chi connectivity index (χ4n) is 2.23.